The lowest BCUT2D eigenvalue weighted by atomic mass is 9.85. The molecule has 0 aliphatic rings. The summed E-state index contributed by atoms with van der Waals surface area (Å²) in [5, 5.41) is -0.161. The quantitative estimate of drug-likeness (QED) is 0.415. The third-order valence-corrected chi connectivity index (χ3v) is 5.91. The van der Waals surface area contributed by atoms with Gasteiger partial charge in [-0.15, -0.1) is 0 Å². The second-order valence-electron chi connectivity index (χ2n) is 8.70. The number of carbonyl (C=O) groups excluding carboxylic acids is 2. The van der Waals surface area contributed by atoms with Gasteiger partial charge in [-0.25, -0.2) is 0 Å². The standard InChI is InChI=1S/C21H27NOS.C3H7NOS/c1-14-12-18(24-20(23)22(6)7)13-15(2)19(14)16-8-10-17(11-9-16)21(3,4)5;1-4(2)3(5)6/h8-13H,1-7H3;1-2H3,(H,5,6). The van der Waals surface area contributed by atoms with Gasteiger partial charge >= 0.3 is 0 Å². The van der Waals surface area contributed by atoms with Gasteiger partial charge in [0.05, 0.1) is 0 Å². The number of hydrogen-bond donors (Lipinski definition) is 1. The van der Waals surface area contributed by atoms with Crippen molar-refractivity contribution in [3.8, 4) is 11.1 Å². The van der Waals surface area contributed by atoms with Crippen molar-refractivity contribution < 1.29 is 9.59 Å². The zero-order valence-corrected chi connectivity index (χ0v) is 21.2. The number of nitrogens with zero attached hydrogens (tertiary/aromatic N) is 2. The fourth-order valence-corrected chi connectivity index (χ4v) is 3.62. The molecule has 164 valence electrons. The number of benzene rings is 2. The molecule has 0 aromatic heterocycles. The molecule has 0 N–H and O–H groups in total. The monoisotopic (exact) mass is 446 g/mol. The van der Waals surface area contributed by atoms with Crippen molar-refractivity contribution in [2.75, 3.05) is 28.2 Å². The second-order valence-corrected chi connectivity index (χ2v) is 10.1. The summed E-state index contributed by atoms with van der Waals surface area (Å²) in [6.45, 7) is 10.9. The predicted octanol–water partition coefficient (Wildman–Crippen LogP) is 6.64. The van der Waals surface area contributed by atoms with Crippen LogP contribution in [0.2, 0.25) is 0 Å². The average Bonchev–Trinajstić information content (AvgIpc) is 2.61. The molecule has 0 fully saturated rings. The highest BCUT2D eigenvalue weighted by molar-refractivity contribution is 8.13. The molecule has 4 nitrogen and oxygen atoms in total. The molecule has 0 aliphatic heterocycles. The van der Waals surface area contributed by atoms with Crippen LogP contribution in [0, 0.1) is 13.8 Å². The van der Waals surface area contributed by atoms with Gasteiger partial charge in [-0.3, -0.25) is 9.59 Å². The molecule has 6 heteroatoms. The Morgan fingerprint density at radius 2 is 1.30 bits per heavy atom. The SMILES string of the molecule is CN(C)C(=O)S.Cc1cc(SC(=O)N(C)C)cc(C)c1-c1ccc(C(C)(C)C)cc1. The Bertz CT molecular complexity index is 860. The van der Waals surface area contributed by atoms with Crippen molar-refractivity contribution in [1.29, 1.82) is 0 Å². The summed E-state index contributed by atoms with van der Waals surface area (Å²) < 4.78 is 0. The highest BCUT2D eigenvalue weighted by atomic mass is 32.2. The fourth-order valence-electron chi connectivity index (χ4n) is 2.77. The van der Waals surface area contributed by atoms with E-state index < -0.39 is 0 Å². The molecular weight excluding hydrogens is 412 g/mol. The first-order chi connectivity index (χ1) is 13.7. The first kappa shape index (κ1) is 26.1. The van der Waals surface area contributed by atoms with Gasteiger partial charge in [0, 0.05) is 33.1 Å². The molecule has 0 saturated carbocycles. The van der Waals surface area contributed by atoms with Crippen LogP contribution in [0.1, 0.15) is 37.5 Å². The topological polar surface area (TPSA) is 40.6 Å². The summed E-state index contributed by atoms with van der Waals surface area (Å²) >= 11 is 4.76. The van der Waals surface area contributed by atoms with E-state index in [2.05, 4.69) is 83.6 Å². The molecule has 0 heterocycles. The summed E-state index contributed by atoms with van der Waals surface area (Å²) in [6, 6.07) is 13.0. The lowest BCUT2D eigenvalue weighted by Gasteiger charge is -2.20. The number of rotatable bonds is 2. The van der Waals surface area contributed by atoms with Gasteiger partial charge in [0.1, 0.15) is 0 Å². The molecule has 30 heavy (non-hydrogen) atoms. The lowest BCUT2D eigenvalue weighted by molar-refractivity contribution is 0.241. The van der Waals surface area contributed by atoms with Crippen LogP contribution >= 0.6 is 24.4 Å². The maximum absolute atomic E-state index is 11.9. The van der Waals surface area contributed by atoms with Crippen molar-refractivity contribution in [3.05, 3.63) is 53.1 Å². The summed E-state index contributed by atoms with van der Waals surface area (Å²) in [7, 11) is 6.85. The van der Waals surface area contributed by atoms with Gasteiger partial charge in [0.2, 0.25) is 0 Å². The number of hydrogen-bond acceptors (Lipinski definition) is 3. The van der Waals surface area contributed by atoms with Crippen molar-refractivity contribution in [3.63, 3.8) is 0 Å². The number of thioether (sulfide) groups is 1. The van der Waals surface area contributed by atoms with Crippen LogP contribution < -0.4 is 0 Å². The summed E-state index contributed by atoms with van der Waals surface area (Å²) in [4.78, 5) is 25.8. The van der Waals surface area contributed by atoms with Crippen LogP contribution in [0.4, 0.5) is 9.59 Å². The largest absolute Gasteiger partial charge is 0.340 e. The van der Waals surface area contributed by atoms with Crippen LogP contribution in [0.15, 0.2) is 41.3 Å². The van der Waals surface area contributed by atoms with Crippen molar-refractivity contribution in [1.82, 2.24) is 9.80 Å². The van der Waals surface area contributed by atoms with E-state index in [4.69, 9.17) is 0 Å². The lowest BCUT2D eigenvalue weighted by Crippen LogP contribution is -2.16. The van der Waals surface area contributed by atoms with Crippen molar-refractivity contribution >= 4 is 34.9 Å². The maximum Gasteiger partial charge on any atom is 0.285 e. The maximum atomic E-state index is 11.9. The smallest absolute Gasteiger partial charge is 0.285 e. The molecule has 2 rings (SSSR count). The molecule has 2 aromatic rings. The Morgan fingerprint density at radius 1 is 0.867 bits per heavy atom. The molecule has 0 bridgehead atoms. The molecular formula is C24H34N2O2S2. The zero-order valence-electron chi connectivity index (χ0n) is 19.5. The van der Waals surface area contributed by atoms with Gasteiger partial charge in [-0.1, -0.05) is 57.7 Å². The molecule has 0 saturated heterocycles. The van der Waals surface area contributed by atoms with Gasteiger partial charge < -0.3 is 9.80 Å². The van der Waals surface area contributed by atoms with Crippen molar-refractivity contribution in [2.45, 2.75) is 44.9 Å². The Kier molecular flexibility index (Phi) is 9.50. The highest BCUT2D eigenvalue weighted by Gasteiger charge is 2.15. The summed E-state index contributed by atoms with van der Waals surface area (Å²) in [5.74, 6) is 0. The number of amides is 2. The van der Waals surface area contributed by atoms with Crippen molar-refractivity contribution in [2.24, 2.45) is 0 Å². The van der Waals surface area contributed by atoms with Crippen LogP contribution in [0.25, 0.3) is 11.1 Å². The number of carbonyl (C=O) groups is 2. The fraction of sp³-hybridized carbons (Fsp3) is 0.417. The van der Waals surface area contributed by atoms with E-state index in [1.165, 1.54) is 44.5 Å². The molecule has 0 radical (unpaired) electrons. The van der Waals surface area contributed by atoms with Gasteiger partial charge in [-0.05, 0) is 71.0 Å². The molecule has 0 spiro atoms. The van der Waals surface area contributed by atoms with Crippen LogP contribution in [0.3, 0.4) is 0 Å². The third-order valence-electron chi connectivity index (χ3n) is 4.50. The summed E-state index contributed by atoms with van der Waals surface area (Å²) in [5.41, 5.74) is 6.39. The Balaban J connectivity index is 0.000000656. The Hall–Kier alpha value is -1.92. The van der Waals surface area contributed by atoms with Crippen LogP contribution in [0.5, 0.6) is 0 Å². The first-order valence-electron chi connectivity index (χ1n) is 9.75. The minimum atomic E-state index is -0.213. The second kappa shape index (κ2) is 10.9. The zero-order chi connectivity index (χ0) is 23.2. The van der Waals surface area contributed by atoms with E-state index in [-0.39, 0.29) is 15.9 Å². The van der Waals surface area contributed by atoms with Gasteiger partial charge in [0.15, 0.2) is 0 Å². The molecule has 0 aliphatic carbocycles. The van der Waals surface area contributed by atoms with E-state index in [0.717, 1.165) is 4.90 Å². The van der Waals surface area contributed by atoms with E-state index >= 15 is 0 Å². The normalized spacial score (nSPS) is 10.7. The number of aryl methyl sites for hydroxylation is 2. The highest BCUT2D eigenvalue weighted by Crippen LogP contribution is 2.33. The number of thiol groups is 1. The predicted molar refractivity (Wildman–Crippen MR) is 133 cm³/mol. The molecule has 2 aromatic carbocycles. The third kappa shape index (κ3) is 7.73. The average molecular weight is 447 g/mol. The van der Waals surface area contributed by atoms with E-state index in [0.29, 0.717) is 0 Å². The minimum Gasteiger partial charge on any atom is -0.340 e. The first-order valence-corrected chi connectivity index (χ1v) is 11.0. The van der Waals surface area contributed by atoms with Gasteiger partial charge in [-0.2, -0.15) is 0 Å². The Morgan fingerprint density at radius 3 is 1.63 bits per heavy atom. The van der Waals surface area contributed by atoms with Crippen LogP contribution in [-0.2, 0) is 5.41 Å². The molecule has 0 atom stereocenters. The minimum absolute atomic E-state index is 0.0519. The molecule has 0 unspecified atom stereocenters. The van der Waals surface area contributed by atoms with Crippen LogP contribution in [-0.4, -0.2) is 48.5 Å². The summed E-state index contributed by atoms with van der Waals surface area (Å²) in [6.07, 6.45) is 0. The van der Waals surface area contributed by atoms with E-state index in [9.17, 15) is 9.59 Å². The Labute approximate surface area is 191 Å². The molecule has 2 amide bonds. The van der Waals surface area contributed by atoms with E-state index in [1.807, 2.05) is 0 Å². The van der Waals surface area contributed by atoms with E-state index in [1.54, 1.807) is 33.1 Å². The van der Waals surface area contributed by atoms with Gasteiger partial charge in [0.25, 0.3) is 10.5 Å².